The van der Waals surface area contributed by atoms with Gasteiger partial charge >= 0.3 is 41.8 Å². The van der Waals surface area contributed by atoms with E-state index >= 15 is 0 Å². The van der Waals surface area contributed by atoms with Crippen molar-refractivity contribution in [3.05, 3.63) is 46.6 Å². The van der Waals surface area contributed by atoms with E-state index in [0.717, 1.165) is 40.8 Å². The number of aliphatic carboxylic acids is 1. The van der Waals surface area contributed by atoms with Crippen molar-refractivity contribution in [3.63, 3.8) is 0 Å². The lowest BCUT2D eigenvalue weighted by Gasteiger charge is -2.68. The molecule has 46 heteroatoms. The van der Waals surface area contributed by atoms with Gasteiger partial charge in [-0.15, -0.1) is 0 Å². The second-order valence-electron chi connectivity index (χ2n) is 47.2. The lowest BCUT2D eigenvalue weighted by Crippen LogP contribution is -2.78. The summed E-state index contributed by atoms with van der Waals surface area (Å²) in [7, 11) is 6.83. The number of carboxylic acid groups (broad SMARTS) is 1. The van der Waals surface area contributed by atoms with Crippen molar-refractivity contribution < 1.29 is 193 Å². The number of aliphatic hydroxyl groups excluding tert-OH is 11. The molecule has 41 nitrogen and oxygen atoms in total. The first kappa shape index (κ1) is 111. The van der Waals surface area contributed by atoms with Gasteiger partial charge in [-0.05, 0) is 218 Å². The molecule has 16 fully saturated rings. The number of carbonyl (C=O) groups is 12. The topological polar surface area (TPSA) is 626 Å². The van der Waals surface area contributed by atoms with Gasteiger partial charge in [-0.25, -0.2) is 31.7 Å². The quantitative estimate of drug-likeness (QED) is 0.0266. The number of aliphatic hydroxyl groups is 14. The van der Waals surface area contributed by atoms with E-state index in [9.17, 15) is 124 Å². The summed E-state index contributed by atoms with van der Waals surface area (Å²) in [5, 5.41) is 157. The van der Waals surface area contributed by atoms with Crippen LogP contribution in [0.4, 0.5) is 0 Å². The third-order valence-corrected chi connectivity index (χ3v) is 39.3. The maximum Gasteiger partial charge on any atom is 0.348 e. The molecule has 0 aromatic heterocycles. The van der Waals surface area contributed by atoms with Crippen molar-refractivity contribution in [2.45, 2.75) is 264 Å². The van der Waals surface area contributed by atoms with Crippen LogP contribution >= 0.6 is 48.2 Å². The molecule has 44 atom stereocenters. The zero-order valence-electron chi connectivity index (χ0n) is 90.3. The molecule has 8 saturated carbocycles. The van der Waals surface area contributed by atoms with Crippen molar-refractivity contribution in [1.29, 1.82) is 2.77 Å². The lowest BCUT2D eigenvalue weighted by molar-refractivity contribution is -0.340. The van der Waals surface area contributed by atoms with Gasteiger partial charge in [0, 0.05) is 106 Å². The number of ketones is 4. The molecule has 8 bridgehead atoms. The third-order valence-electron chi connectivity index (χ3n) is 38.1. The van der Waals surface area contributed by atoms with Gasteiger partial charge in [0.1, 0.15) is 73.2 Å². The number of rotatable bonds is 15. The Hall–Kier alpha value is -5.88. The maximum atomic E-state index is 13.3. The minimum absolute atomic E-state index is 0.0266. The van der Waals surface area contributed by atoms with Crippen LogP contribution in [-0.4, -0.2) is 380 Å². The van der Waals surface area contributed by atoms with Crippen LogP contribution in [0.1, 0.15) is 139 Å². The molecule has 0 radical (unpaired) electrons. The highest BCUT2D eigenvalue weighted by Crippen LogP contribution is 2.80. The van der Waals surface area contributed by atoms with Crippen molar-refractivity contribution >= 4 is 125 Å². The van der Waals surface area contributed by atoms with Crippen molar-refractivity contribution in [2.75, 3.05) is 93.4 Å². The van der Waals surface area contributed by atoms with Crippen LogP contribution in [-0.2, 0) is 113 Å². The number of nitrogens with zero attached hydrogens (tertiary/aromatic N) is 2. The Morgan fingerprint density at radius 2 is 0.830 bits per heavy atom. The van der Waals surface area contributed by atoms with E-state index < -0.39 is 329 Å². The first-order chi connectivity index (χ1) is 69.9. The van der Waals surface area contributed by atoms with E-state index in [0.29, 0.717) is 24.8 Å². The van der Waals surface area contributed by atoms with Crippen LogP contribution in [0, 0.1) is 149 Å². The predicted molar refractivity (Wildman–Crippen MR) is 521 cm³/mol. The second-order valence-corrected chi connectivity index (χ2v) is 48.9. The smallest absolute Gasteiger partial charge is 0.348 e. The van der Waals surface area contributed by atoms with Crippen LogP contribution in [0.15, 0.2) is 46.6 Å². The molecule has 4 spiro atoms. The summed E-state index contributed by atoms with van der Waals surface area (Å²) < 4.78 is 98.6. The van der Waals surface area contributed by atoms with Gasteiger partial charge in [-0.2, -0.15) is 0 Å². The highest BCUT2D eigenvalue weighted by molar-refractivity contribution is 8.06. The number of ether oxygens (including phenoxy) is 10. The molecule has 0 unspecified atom stereocenters. The summed E-state index contributed by atoms with van der Waals surface area (Å²) in [6, 6.07) is 0. The summed E-state index contributed by atoms with van der Waals surface area (Å²) in [5.74, 6) is -25.1. The molecule has 20 rings (SSSR count). The zero-order valence-corrected chi connectivity index (χ0v) is 89.5. The van der Waals surface area contributed by atoms with Gasteiger partial charge in [0.2, 0.25) is 24.7 Å². The molecule has 0 aromatic rings. The van der Waals surface area contributed by atoms with Gasteiger partial charge in [0.15, 0.2) is 59.2 Å². The zero-order chi connectivity index (χ0) is 113. The molecule has 0 amide bonds. The number of thiol groups is 1. The summed E-state index contributed by atoms with van der Waals surface area (Å²) in [4.78, 5) is 152. The predicted octanol–water partition coefficient (Wildman–Crippen LogP) is 0.553. The van der Waals surface area contributed by atoms with Gasteiger partial charge in [-0.3, -0.25) is 52.3 Å². The van der Waals surface area contributed by atoms with Crippen molar-refractivity contribution in [1.82, 2.24) is 9.80 Å². The molecule has 8 heterocycles. The molecular weight excluding hydrogens is 2010 g/mol. The second kappa shape index (κ2) is 40.4. The molecule has 147 heavy (non-hydrogen) atoms. The van der Waals surface area contributed by atoms with Gasteiger partial charge in [-0.1, -0.05) is 84.5 Å². The minimum Gasteiger partial charge on any atom is -0.480 e. The minimum atomic E-state index is -2.11. The van der Waals surface area contributed by atoms with Gasteiger partial charge in [0.25, 0.3) is 0 Å². The normalized spacial score (nSPS) is 48.6. The maximum absolute atomic E-state index is 13.3. The Labute approximate surface area is 878 Å². The van der Waals surface area contributed by atoms with E-state index in [-0.39, 0.29) is 89.1 Å². The Morgan fingerprint density at radius 1 is 0.503 bits per heavy atom. The molecule has 8 saturated heterocycles. The SMILES string of the molecule is CC1=CC(=O)[C@@H](O)[C@]2(C)[C@H]3[C@@]4(O)OC[C@]35[C@H]([C@@H](C)[C@H]4O)[C@@H](O)C(=O)O[C@@H]5C[C@@H]12.CC1=CC(=O)[C@@H](O)[C@]2(C)[C@H]3[C@@]4(O)OC[C@]35[C@H]([C@@H](C)[C@H]4O)[C@@H](OC(=O)C(C)(C)CO)C(=O)O[C@@H]5C[C@@H]12.CC1=CC(=O)[C@@H](O)[C@]2(C)[C@H]3[C@@]4(O)OC[C@]35[C@H]([C@@H](C)[C@H]4O)[C@@H](OC(=O)CN(C)C)C(=O)O[C@@H]5C[C@@H]12.CN(C)CC(=O)O.[2H]B(C)S.[3H]CSO[C@@H]1C(=O)C=C(C)[C@@H]2C[C@H]3OC(=O)[C@H](O)[C@H]4[C@@H](C)[C@@H](O)[C@]5(OSC[3H])OC[C@@]43[C@H]5[C@@]12C.[3H]OCC(C)(C)C(=O)Cl. The fourth-order valence-corrected chi connectivity index (χ4v) is 33.1. The summed E-state index contributed by atoms with van der Waals surface area (Å²) >= 11 is 10.5. The van der Waals surface area contributed by atoms with Gasteiger partial charge in [0.05, 0.1) is 63.6 Å². The van der Waals surface area contributed by atoms with E-state index in [1.165, 1.54) is 32.1 Å². The molecule has 822 valence electrons. The van der Waals surface area contributed by atoms with E-state index in [4.69, 9.17) is 78.0 Å². The fraction of sp³-hybridized carbons (Fsp3) is 0.802. The fourth-order valence-electron chi connectivity index (χ4n) is 32.2. The number of fused-ring (bicyclic) bond motifs is 4. The Kier molecular flexibility index (Phi) is 30.5. The average Bonchev–Trinajstić information content (AvgIpc) is 1.52. The summed E-state index contributed by atoms with van der Waals surface area (Å²) in [6.45, 7) is 28.2. The molecule has 8 aliphatic heterocycles. The number of esters is 6. The number of hydrogen-bond acceptors (Lipinski definition) is 43. The number of halogens is 1. The number of allylic oxidation sites excluding steroid dienone is 4. The van der Waals surface area contributed by atoms with Crippen LogP contribution in [0.25, 0.3) is 0 Å². The average molecular weight is 2160 g/mol. The first-order valence-corrected chi connectivity index (χ1v) is 52.3. The molecule has 12 aliphatic carbocycles. The Bertz CT molecular complexity index is 5480. The largest absolute Gasteiger partial charge is 0.480 e. The van der Waals surface area contributed by atoms with Crippen LogP contribution in [0.2, 0.25) is 6.82 Å². The Balaban J connectivity index is 0.000000149. The molecule has 15 N–H and O–H groups in total. The number of carboxylic acids is 1. The monoisotopic (exact) mass is 2160 g/mol. The van der Waals surface area contributed by atoms with E-state index in [1.54, 1.807) is 134 Å². The highest BCUT2D eigenvalue weighted by atomic mass is 35.5. The van der Waals surface area contributed by atoms with E-state index in [1.807, 2.05) is 13.8 Å². The van der Waals surface area contributed by atoms with Crippen LogP contribution in [0.5, 0.6) is 0 Å². The highest BCUT2D eigenvalue weighted by Gasteiger charge is 2.90. The number of carbonyl (C=O) groups excluding carboxylic acids is 11. The van der Waals surface area contributed by atoms with Crippen molar-refractivity contribution in [3.8, 4) is 0 Å². The van der Waals surface area contributed by atoms with Crippen LogP contribution < -0.4 is 0 Å². The third kappa shape index (κ3) is 16.8. The lowest BCUT2D eigenvalue weighted by atomic mass is 9.38. The van der Waals surface area contributed by atoms with Crippen LogP contribution in [0.3, 0.4) is 0 Å². The van der Waals surface area contributed by atoms with E-state index in [2.05, 4.69) is 17.6 Å². The summed E-state index contributed by atoms with van der Waals surface area (Å²) in [5.41, 5.74) is -7.69. The molecule has 20 aliphatic rings. The Morgan fingerprint density at radius 3 is 1.16 bits per heavy atom. The molecule has 0 aromatic carbocycles. The molecular formula is C101H146BClN2O39S3. The summed E-state index contributed by atoms with van der Waals surface area (Å²) in [6.07, 6.45) is -12.3. The van der Waals surface area contributed by atoms with Gasteiger partial charge < -0.3 is 128 Å². The first-order valence-electron chi connectivity index (χ1n) is 52.0. The number of hydrogen-bond donors (Lipinski definition) is 16. The number of likely N-dealkylation sites (N-methyl/N-ethyl adjacent to an activating group) is 2. The van der Waals surface area contributed by atoms with Crippen molar-refractivity contribution in [2.24, 2.45) is 149 Å². The standard InChI is InChI=1S/C25H34O10.C24H33NO9.C22H30O8S2.C20H26O8.C5H9ClO2.C4H9NO2.CH5BS/c1-10-6-13(27)18(29)23(5)12(10)7-14-24-9-33-25(32,20(23)24)17(28)11(2)15(24)16(19(30)34-14)35-21(31)22(3,4)8-26;1-10-6-13(26)19(29)22(3)12(10)7-14-23-9-32-24(31,21(22)23)18(28)11(2)16(23)17(20(30)33-14)34-15(27)8-25(4)5;1-9-6-12(23)17(29-31-4)20(3)11(9)7-13-21-8-27-22(19(20)21,30-32-5)16(25)10(2)14(21)15(24)18(26)28-13;1-7-4-10(21)15(24)18(3)9(7)5-11-19-6-27-20(26,17(18)19)14(23)8(2)12(19)13(22)16(25)28-11;1-5(2,3-7)4(6)8;1-5(2)3-4(6)7;1-2-3/h6,11-12,14-18,20,26,28-29,32H,7-9H2,1-5H3;6,11-12,14,16-19,21,28-29,31H,7-9H2,1-5H3;6,10-11,13-17,19,24-25H,7-8H2,1-5H3;4,8-9,11-15,17,22-24,26H,5-6H2,1-3H3;7H,3H2,1-2H3;3H2,1-2H3,(H,6,7);2-3H,1H3/t11-,12+,14-,15-,16-,17-,18-,20-,23-,24+,25+;11-,12+,14-,16-,17-,18-,19-,21-,22-,23+,24+;10-,11+,13-,14-,15-,16-,17-,19-,20-,21+,22-;8-,9+,11-,12-,13-,14-,15-,17-,18-,19+,20+;;;/m1111.../s1/i;;4T,5T;;7T;;2D.